The van der Waals surface area contributed by atoms with Gasteiger partial charge in [0.1, 0.15) is 0 Å². The van der Waals surface area contributed by atoms with Gasteiger partial charge in [-0.15, -0.1) is 0 Å². The molecular formula is C14H13BrClN3. The van der Waals surface area contributed by atoms with Crippen LogP contribution in [0.3, 0.4) is 0 Å². The number of nitrogens with zero attached hydrogens (tertiary/aromatic N) is 3. The van der Waals surface area contributed by atoms with Gasteiger partial charge in [-0.05, 0) is 42.7 Å². The summed E-state index contributed by atoms with van der Waals surface area (Å²) < 4.78 is 1.14. The molecule has 0 amide bonds. The van der Waals surface area contributed by atoms with Crippen molar-refractivity contribution in [3.63, 3.8) is 0 Å². The zero-order valence-electron chi connectivity index (χ0n) is 10.5. The smallest absolute Gasteiger partial charge is 0.225 e. The molecule has 1 aromatic carbocycles. The SMILES string of the molecule is Cc1ccnc(N2CCc3c(Br)ccc(Cl)c3C2)n1. The summed E-state index contributed by atoms with van der Waals surface area (Å²) in [5.74, 6) is 0.779. The molecule has 0 saturated heterocycles. The first-order valence-corrected chi connectivity index (χ1v) is 7.32. The van der Waals surface area contributed by atoms with E-state index in [1.54, 1.807) is 6.20 Å². The second kappa shape index (κ2) is 5.10. The van der Waals surface area contributed by atoms with Gasteiger partial charge in [0.2, 0.25) is 5.95 Å². The average molecular weight is 339 g/mol. The summed E-state index contributed by atoms with van der Waals surface area (Å²) in [5, 5.41) is 0.815. The fourth-order valence-corrected chi connectivity index (χ4v) is 3.16. The van der Waals surface area contributed by atoms with Crippen LogP contribution >= 0.6 is 27.5 Å². The molecule has 0 N–H and O–H groups in total. The third-order valence-electron chi connectivity index (χ3n) is 3.36. The molecule has 0 aliphatic carbocycles. The highest BCUT2D eigenvalue weighted by Gasteiger charge is 2.22. The maximum atomic E-state index is 6.31. The van der Waals surface area contributed by atoms with Gasteiger partial charge in [0.15, 0.2) is 0 Å². The van der Waals surface area contributed by atoms with Crippen molar-refractivity contribution >= 4 is 33.5 Å². The lowest BCUT2D eigenvalue weighted by molar-refractivity contribution is 0.703. The van der Waals surface area contributed by atoms with Crippen molar-refractivity contribution in [3.8, 4) is 0 Å². The zero-order valence-corrected chi connectivity index (χ0v) is 12.9. The number of rotatable bonds is 1. The first kappa shape index (κ1) is 12.9. The van der Waals surface area contributed by atoms with E-state index in [9.17, 15) is 0 Å². The quantitative estimate of drug-likeness (QED) is 0.792. The molecule has 1 aromatic heterocycles. The Morgan fingerprint density at radius 2 is 2.11 bits per heavy atom. The Morgan fingerprint density at radius 1 is 1.26 bits per heavy atom. The van der Waals surface area contributed by atoms with Crippen LogP contribution in [-0.4, -0.2) is 16.5 Å². The van der Waals surface area contributed by atoms with Crippen LogP contribution in [0.15, 0.2) is 28.9 Å². The molecular weight excluding hydrogens is 326 g/mol. The van der Waals surface area contributed by atoms with Crippen molar-refractivity contribution < 1.29 is 0 Å². The van der Waals surface area contributed by atoms with E-state index in [-0.39, 0.29) is 0 Å². The third-order valence-corrected chi connectivity index (χ3v) is 4.46. The van der Waals surface area contributed by atoms with Crippen LogP contribution in [-0.2, 0) is 13.0 Å². The first-order valence-electron chi connectivity index (χ1n) is 6.15. The van der Waals surface area contributed by atoms with E-state index in [0.717, 1.165) is 40.6 Å². The highest BCUT2D eigenvalue weighted by molar-refractivity contribution is 9.10. The summed E-state index contributed by atoms with van der Waals surface area (Å²) in [4.78, 5) is 11.0. The molecule has 0 bridgehead atoms. The second-order valence-electron chi connectivity index (χ2n) is 4.66. The number of halogens is 2. The van der Waals surface area contributed by atoms with Gasteiger partial charge in [0.25, 0.3) is 0 Å². The van der Waals surface area contributed by atoms with E-state index >= 15 is 0 Å². The van der Waals surface area contributed by atoms with Crippen LogP contribution in [0.1, 0.15) is 16.8 Å². The van der Waals surface area contributed by atoms with Gasteiger partial charge < -0.3 is 4.90 Å². The Hall–Kier alpha value is -1.13. The van der Waals surface area contributed by atoms with Crippen molar-refractivity contribution in [2.75, 3.05) is 11.4 Å². The summed E-state index contributed by atoms with van der Waals surface area (Å²) in [5.41, 5.74) is 3.46. The third kappa shape index (κ3) is 2.47. The lowest BCUT2D eigenvalue weighted by atomic mass is 10.00. The topological polar surface area (TPSA) is 29.0 Å². The van der Waals surface area contributed by atoms with Crippen LogP contribution in [0.4, 0.5) is 5.95 Å². The summed E-state index contributed by atoms with van der Waals surface area (Å²) in [6, 6.07) is 5.86. The van der Waals surface area contributed by atoms with E-state index in [2.05, 4.69) is 30.8 Å². The normalized spacial score (nSPS) is 14.4. The summed E-state index contributed by atoms with van der Waals surface area (Å²) >= 11 is 9.91. The van der Waals surface area contributed by atoms with E-state index in [1.165, 1.54) is 11.1 Å². The molecule has 2 aromatic rings. The minimum atomic E-state index is 0.761. The molecule has 3 rings (SSSR count). The molecule has 0 fully saturated rings. The predicted molar refractivity (Wildman–Crippen MR) is 80.7 cm³/mol. The van der Waals surface area contributed by atoms with Crippen LogP contribution in [0.2, 0.25) is 5.02 Å². The molecule has 5 heteroatoms. The predicted octanol–water partition coefficient (Wildman–Crippen LogP) is 3.76. The summed E-state index contributed by atoms with van der Waals surface area (Å²) in [6.45, 7) is 3.65. The number of hydrogen-bond acceptors (Lipinski definition) is 3. The van der Waals surface area contributed by atoms with E-state index < -0.39 is 0 Å². The molecule has 0 atom stereocenters. The molecule has 98 valence electrons. The van der Waals surface area contributed by atoms with Gasteiger partial charge in [-0.2, -0.15) is 0 Å². The maximum Gasteiger partial charge on any atom is 0.225 e. The molecule has 0 saturated carbocycles. The minimum Gasteiger partial charge on any atom is -0.336 e. The summed E-state index contributed by atoms with van der Waals surface area (Å²) in [6.07, 6.45) is 2.75. The van der Waals surface area contributed by atoms with Gasteiger partial charge in [-0.1, -0.05) is 27.5 Å². The fourth-order valence-electron chi connectivity index (χ4n) is 2.35. The second-order valence-corrected chi connectivity index (χ2v) is 5.92. The minimum absolute atomic E-state index is 0.761. The maximum absolute atomic E-state index is 6.31. The van der Waals surface area contributed by atoms with Gasteiger partial charge in [0.05, 0.1) is 0 Å². The highest BCUT2D eigenvalue weighted by Crippen LogP contribution is 2.32. The van der Waals surface area contributed by atoms with E-state index in [0.29, 0.717) is 0 Å². The molecule has 0 radical (unpaired) electrons. The number of aromatic nitrogens is 2. The van der Waals surface area contributed by atoms with Crippen LogP contribution < -0.4 is 4.90 Å². The fraction of sp³-hybridized carbons (Fsp3) is 0.286. The van der Waals surface area contributed by atoms with Gasteiger partial charge in [0, 0.05) is 34.5 Å². The molecule has 1 aliphatic heterocycles. The van der Waals surface area contributed by atoms with Crippen molar-refractivity contribution in [2.45, 2.75) is 19.9 Å². The number of aryl methyl sites for hydroxylation is 1. The Bertz CT molecular complexity index is 630. The Kier molecular flexibility index (Phi) is 3.46. The number of hydrogen-bond donors (Lipinski definition) is 0. The highest BCUT2D eigenvalue weighted by atomic mass is 79.9. The van der Waals surface area contributed by atoms with Crippen molar-refractivity contribution in [1.29, 1.82) is 0 Å². The number of fused-ring (bicyclic) bond motifs is 1. The molecule has 2 heterocycles. The van der Waals surface area contributed by atoms with Crippen molar-refractivity contribution in [2.24, 2.45) is 0 Å². The standard InChI is InChI=1S/C14H13BrClN3/c1-9-4-6-17-14(18-9)19-7-5-10-11(8-19)13(16)3-2-12(10)15/h2-4,6H,5,7-8H2,1H3. The Morgan fingerprint density at radius 3 is 2.89 bits per heavy atom. The largest absolute Gasteiger partial charge is 0.336 e. The number of anilines is 1. The van der Waals surface area contributed by atoms with Gasteiger partial charge in [-0.3, -0.25) is 0 Å². The van der Waals surface area contributed by atoms with Crippen LogP contribution in [0, 0.1) is 6.92 Å². The zero-order chi connectivity index (χ0) is 13.4. The Balaban J connectivity index is 1.96. The van der Waals surface area contributed by atoms with Crippen molar-refractivity contribution in [1.82, 2.24) is 9.97 Å². The summed E-state index contributed by atoms with van der Waals surface area (Å²) in [7, 11) is 0. The van der Waals surface area contributed by atoms with Gasteiger partial charge in [-0.25, -0.2) is 9.97 Å². The van der Waals surface area contributed by atoms with Crippen molar-refractivity contribution in [3.05, 3.63) is 50.7 Å². The van der Waals surface area contributed by atoms with Gasteiger partial charge >= 0.3 is 0 Å². The molecule has 3 nitrogen and oxygen atoms in total. The lowest BCUT2D eigenvalue weighted by Gasteiger charge is -2.30. The molecule has 0 unspecified atom stereocenters. The number of benzene rings is 1. The lowest BCUT2D eigenvalue weighted by Crippen LogP contribution is -2.32. The van der Waals surface area contributed by atoms with E-state index in [1.807, 2.05) is 25.1 Å². The van der Waals surface area contributed by atoms with Crippen LogP contribution in [0.25, 0.3) is 0 Å². The monoisotopic (exact) mass is 337 g/mol. The molecule has 0 spiro atoms. The Labute approximate surface area is 125 Å². The molecule has 1 aliphatic rings. The van der Waals surface area contributed by atoms with E-state index in [4.69, 9.17) is 11.6 Å². The average Bonchev–Trinajstić information content (AvgIpc) is 2.43. The molecule has 19 heavy (non-hydrogen) atoms. The first-order chi connectivity index (χ1) is 9.15. The van der Waals surface area contributed by atoms with Crippen LogP contribution in [0.5, 0.6) is 0 Å².